The lowest BCUT2D eigenvalue weighted by molar-refractivity contribution is -0.143. The van der Waals surface area contributed by atoms with Crippen LogP contribution in [0.25, 0.3) is 0 Å². The Labute approximate surface area is 106 Å². The number of nitrogens with one attached hydrogen (secondary N) is 1. The van der Waals surface area contributed by atoms with Gasteiger partial charge in [0.2, 0.25) is 6.79 Å². The molecule has 0 fully saturated rings. The molecule has 0 aliphatic carbocycles. The van der Waals surface area contributed by atoms with E-state index in [1.54, 1.807) is 6.92 Å². The molecule has 1 aromatic rings. The van der Waals surface area contributed by atoms with Crippen molar-refractivity contribution in [2.24, 2.45) is 0 Å². The van der Waals surface area contributed by atoms with Crippen LogP contribution < -0.4 is 14.8 Å². The lowest BCUT2D eigenvalue weighted by atomic mass is 10.0. The van der Waals surface area contributed by atoms with Gasteiger partial charge in [-0.2, -0.15) is 0 Å². The van der Waals surface area contributed by atoms with E-state index in [9.17, 15) is 4.79 Å². The van der Waals surface area contributed by atoms with Crippen molar-refractivity contribution < 1.29 is 19.0 Å². The van der Waals surface area contributed by atoms with Crippen LogP contribution in [0.3, 0.4) is 0 Å². The Hall–Kier alpha value is -1.75. The van der Waals surface area contributed by atoms with Crippen molar-refractivity contribution in [1.82, 2.24) is 5.32 Å². The summed E-state index contributed by atoms with van der Waals surface area (Å²) in [7, 11) is 1.81. The number of carbonyl (C=O) groups excluding carboxylic acids is 1. The highest BCUT2D eigenvalue weighted by atomic mass is 16.7. The van der Waals surface area contributed by atoms with Gasteiger partial charge in [-0.15, -0.1) is 0 Å². The fourth-order valence-corrected chi connectivity index (χ4v) is 1.90. The molecule has 0 saturated heterocycles. The predicted octanol–water partition coefficient (Wildman–Crippen LogP) is 1.63. The number of fused-ring (bicyclic) bond motifs is 1. The van der Waals surface area contributed by atoms with Gasteiger partial charge in [0.25, 0.3) is 0 Å². The van der Waals surface area contributed by atoms with Crippen LogP contribution in [0.15, 0.2) is 18.2 Å². The van der Waals surface area contributed by atoms with Crippen LogP contribution in [0, 0.1) is 0 Å². The molecule has 1 heterocycles. The van der Waals surface area contributed by atoms with Crippen molar-refractivity contribution in [3.05, 3.63) is 23.8 Å². The molecule has 5 nitrogen and oxygen atoms in total. The first-order valence-corrected chi connectivity index (χ1v) is 5.97. The lowest BCUT2D eigenvalue weighted by Gasteiger charge is -2.16. The van der Waals surface area contributed by atoms with Gasteiger partial charge in [0.05, 0.1) is 13.0 Å². The quantitative estimate of drug-likeness (QED) is 0.806. The fourth-order valence-electron chi connectivity index (χ4n) is 1.90. The van der Waals surface area contributed by atoms with E-state index in [2.05, 4.69) is 5.32 Å². The first-order valence-electron chi connectivity index (χ1n) is 5.97. The molecule has 0 radical (unpaired) electrons. The summed E-state index contributed by atoms with van der Waals surface area (Å²) in [5.41, 5.74) is 0.981. The van der Waals surface area contributed by atoms with Gasteiger partial charge in [-0.25, -0.2) is 0 Å². The van der Waals surface area contributed by atoms with Gasteiger partial charge in [0.1, 0.15) is 0 Å². The molecule has 5 heteroatoms. The van der Waals surface area contributed by atoms with Crippen LogP contribution in [-0.4, -0.2) is 26.4 Å². The van der Waals surface area contributed by atoms with E-state index in [1.165, 1.54) is 0 Å². The highest BCUT2D eigenvalue weighted by molar-refractivity contribution is 5.70. The monoisotopic (exact) mass is 251 g/mol. The molecular weight excluding hydrogens is 234 g/mol. The highest BCUT2D eigenvalue weighted by Gasteiger charge is 2.19. The van der Waals surface area contributed by atoms with Crippen molar-refractivity contribution in [3.8, 4) is 11.5 Å². The number of hydrogen-bond donors (Lipinski definition) is 1. The van der Waals surface area contributed by atoms with E-state index < -0.39 is 0 Å². The zero-order valence-corrected chi connectivity index (χ0v) is 10.6. The normalized spacial score (nSPS) is 14.3. The molecule has 18 heavy (non-hydrogen) atoms. The lowest BCUT2D eigenvalue weighted by Crippen LogP contribution is -2.21. The van der Waals surface area contributed by atoms with Gasteiger partial charge >= 0.3 is 5.97 Å². The number of rotatable bonds is 5. The molecular formula is C13H17NO4. The second-order valence-electron chi connectivity index (χ2n) is 3.96. The largest absolute Gasteiger partial charge is 0.466 e. The topological polar surface area (TPSA) is 56.8 Å². The van der Waals surface area contributed by atoms with Crippen molar-refractivity contribution in [1.29, 1.82) is 0 Å². The minimum absolute atomic E-state index is 0.0847. The van der Waals surface area contributed by atoms with E-state index in [0.717, 1.165) is 17.1 Å². The van der Waals surface area contributed by atoms with Crippen molar-refractivity contribution >= 4 is 5.97 Å². The Balaban J connectivity index is 2.10. The minimum atomic E-state index is -0.213. The van der Waals surface area contributed by atoms with Gasteiger partial charge in [-0.3, -0.25) is 4.79 Å². The van der Waals surface area contributed by atoms with E-state index in [1.807, 2.05) is 25.2 Å². The predicted molar refractivity (Wildman–Crippen MR) is 65.6 cm³/mol. The molecule has 1 unspecified atom stereocenters. The van der Waals surface area contributed by atoms with E-state index in [-0.39, 0.29) is 18.8 Å². The third-order valence-electron chi connectivity index (χ3n) is 2.82. The van der Waals surface area contributed by atoms with E-state index in [0.29, 0.717) is 13.0 Å². The minimum Gasteiger partial charge on any atom is -0.466 e. The highest BCUT2D eigenvalue weighted by Crippen LogP contribution is 2.34. The zero-order chi connectivity index (χ0) is 13.0. The standard InChI is InChI=1S/C13H17NO4/c1-3-16-13(15)7-10(14-2)9-4-5-11-12(6-9)18-8-17-11/h4-6,10,14H,3,7-8H2,1-2H3. The SMILES string of the molecule is CCOC(=O)CC(NC)c1ccc2c(c1)OCO2. The van der Waals surface area contributed by atoms with Gasteiger partial charge in [-0.05, 0) is 31.7 Å². The Bertz CT molecular complexity index is 433. The Morgan fingerprint density at radius 2 is 2.22 bits per heavy atom. The zero-order valence-electron chi connectivity index (χ0n) is 10.6. The number of carbonyl (C=O) groups is 1. The maximum Gasteiger partial charge on any atom is 0.307 e. The first-order chi connectivity index (χ1) is 8.74. The molecule has 0 spiro atoms. The van der Waals surface area contributed by atoms with Gasteiger partial charge < -0.3 is 19.5 Å². The average Bonchev–Trinajstić information content (AvgIpc) is 2.83. The van der Waals surface area contributed by atoms with Crippen LogP contribution in [-0.2, 0) is 9.53 Å². The molecule has 0 saturated carbocycles. The van der Waals surface area contributed by atoms with Gasteiger partial charge in [-0.1, -0.05) is 6.07 Å². The summed E-state index contributed by atoms with van der Waals surface area (Å²) >= 11 is 0. The van der Waals surface area contributed by atoms with Crippen molar-refractivity contribution in [3.63, 3.8) is 0 Å². The maximum atomic E-state index is 11.5. The number of hydrogen-bond acceptors (Lipinski definition) is 5. The summed E-state index contributed by atoms with van der Waals surface area (Å²) in [6.45, 7) is 2.45. The van der Waals surface area contributed by atoms with Crippen LogP contribution in [0.1, 0.15) is 24.9 Å². The van der Waals surface area contributed by atoms with Crippen LogP contribution in [0.2, 0.25) is 0 Å². The molecule has 0 aromatic heterocycles. The third kappa shape index (κ3) is 2.73. The smallest absolute Gasteiger partial charge is 0.307 e. The molecule has 0 amide bonds. The van der Waals surface area contributed by atoms with E-state index in [4.69, 9.17) is 14.2 Å². The Morgan fingerprint density at radius 1 is 1.44 bits per heavy atom. The molecule has 1 atom stereocenters. The van der Waals surface area contributed by atoms with Crippen LogP contribution in [0.5, 0.6) is 11.5 Å². The molecule has 1 aliphatic heterocycles. The molecule has 2 rings (SSSR count). The second kappa shape index (κ2) is 5.73. The molecule has 0 bridgehead atoms. The van der Waals surface area contributed by atoms with E-state index >= 15 is 0 Å². The Morgan fingerprint density at radius 3 is 2.94 bits per heavy atom. The van der Waals surface area contributed by atoms with Gasteiger partial charge in [0.15, 0.2) is 11.5 Å². The molecule has 1 N–H and O–H groups in total. The summed E-state index contributed by atoms with van der Waals surface area (Å²) < 4.78 is 15.5. The summed E-state index contributed by atoms with van der Waals surface area (Å²) in [6, 6.07) is 5.59. The first kappa shape index (κ1) is 12.7. The van der Waals surface area contributed by atoms with Crippen molar-refractivity contribution in [2.75, 3.05) is 20.4 Å². The Kier molecular flexibility index (Phi) is 4.04. The second-order valence-corrected chi connectivity index (χ2v) is 3.96. The fraction of sp³-hybridized carbons (Fsp3) is 0.462. The summed E-state index contributed by atoms with van der Waals surface area (Å²) in [5, 5.41) is 3.10. The van der Waals surface area contributed by atoms with Gasteiger partial charge in [0, 0.05) is 6.04 Å². The maximum absolute atomic E-state index is 11.5. The van der Waals surface area contributed by atoms with Crippen LogP contribution in [0.4, 0.5) is 0 Å². The molecule has 1 aromatic carbocycles. The summed E-state index contributed by atoms with van der Waals surface area (Å²) in [6.07, 6.45) is 0.296. The molecule has 98 valence electrons. The van der Waals surface area contributed by atoms with Crippen molar-refractivity contribution in [2.45, 2.75) is 19.4 Å². The summed E-state index contributed by atoms with van der Waals surface area (Å²) in [5.74, 6) is 1.25. The summed E-state index contributed by atoms with van der Waals surface area (Å²) in [4.78, 5) is 11.5. The number of ether oxygens (including phenoxy) is 3. The molecule has 1 aliphatic rings. The third-order valence-corrected chi connectivity index (χ3v) is 2.82. The van der Waals surface area contributed by atoms with Crippen LogP contribution >= 0.6 is 0 Å². The average molecular weight is 251 g/mol. The number of benzene rings is 1. The number of esters is 1.